The summed E-state index contributed by atoms with van der Waals surface area (Å²) in [7, 11) is 1.43. The minimum Gasteiger partial charge on any atom is -0.468 e. The number of methoxy groups -OCH3 is 1. The average Bonchev–Trinajstić information content (AvgIpc) is 2.56. The molecule has 0 aliphatic carbocycles. The second kappa shape index (κ2) is 7.60. The van der Waals surface area contributed by atoms with Gasteiger partial charge in [0, 0.05) is 12.5 Å². The van der Waals surface area contributed by atoms with E-state index in [1.54, 1.807) is 0 Å². The zero-order valence-electron chi connectivity index (χ0n) is 12.5. The van der Waals surface area contributed by atoms with Gasteiger partial charge in [-0.3, -0.25) is 10.1 Å². The molecule has 0 fully saturated rings. The number of rotatable bonds is 6. The first-order valence-corrected chi connectivity index (χ1v) is 7.12. The fourth-order valence-corrected chi connectivity index (χ4v) is 2.36. The highest BCUT2D eigenvalue weighted by Gasteiger charge is 2.26. The van der Waals surface area contributed by atoms with E-state index in [9.17, 15) is 4.79 Å². The molecule has 2 unspecified atom stereocenters. The lowest BCUT2D eigenvalue weighted by Gasteiger charge is -2.23. The number of carbonyl (C=O) groups excluding carboxylic acids is 1. The van der Waals surface area contributed by atoms with Gasteiger partial charge in [-0.1, -0.05) is 67.6 Å². The van der Waals surface area contributed by atoms with Crippen LogP contribution >= 0.6 is 0 Å². The first-order valence-electron chi connectivity index (χ1n) is 7.12. The molecule has 0 radical (unpaired) electrons. The summed E-state index contributed by atoms with van der Waals surface area (Å²) in [5, 5.41) is 3.31. The van der Waals surface area contributed by atoms with Gasteiger partial charge < -0.3 is 4.74 Å². The minimum atomic E-state index is -0.363. The molecule has 0 amide bonds. The Labute approximate surface area is 126 Å². The predicted molar refractivity (Wildman–Crippen MR) is 83.9 cm³/mol. The molecule has 0 aliphatic rings. The molecular formula is C18H21NO2. The van der Waals surface area contributed by atoms with Gasteiger partial charge in [-0.05, 0) is 11.1 Å². The fourth-order valence-electron chi connectivity index (χ4n) is 2.36. The second-order valence-electron chi connectivity index (χ2n) is 5.07. The third-order valence-electron chi connectivity index (χ3n) is 3.65. The van der Waals surface area contributed by atoms with Gasteiger partial charge in [0.25, 0.3) is 0 Å². The first kappa shape index (κ1) is 15.3. The third-order valence-corrected chi connectivity index (χ3v) is 3.65. The second-order valence-corrected chi connectivity index (χ2v) is 5.07. The molecule has 0 spiro atoms. The Bertz CT molecular complexity index is 554. The van der Waals surface area contributed by atoms with Gasteiger partial charge in [0.2, 0.25) is 0 Å². The summed E-state index contributed by atoms with van der Waals surface area (Å²) in [4.78, 5) is 12.1. The van der Waals surface area contributed by atoms with Crippen molar-refractivity contribution in [2.45, 2.75) is 25.4 Å². The van der Waals surface area contributed by atoms with E-state index < -0.39 is 0 Å². The highest BCUT2D eigenvalue weighted by atomic mass is 16.5. The molecule has 2 aromatic rings. The van der Waals surface area contributed by atoms with Crippen molar-refractivity contribution in [1.29, 1.82) is 0 Å². The summed E-state index contributed by atoms with van der Waals surface area (Å²) in [6, 6.07) is 19.7. The smallest absolute Gasteiger partial charge is 0.323 e. The summed E-state index contributed by atoms with van der Waals surface area (Å²) in [5.74, 6) is -0.190. The van der Waals surface area contributed by atoms with Crippen molar-refractivity contribution in [2.24, 2.45) is 0 Å². The van der Waals surface area contributed by atoms with E-state index >= 15 is 0 Å². The van der Waals surface area contributed by atoms with Crippen molar-refractivity contribution >= 4 is 5.97 Å². The largest absolute Gasteiger partial charge is 0.468 e. The van der Waals surface area contributed by atoms with E-state index in [1.807, 2.05) is 67.6 Å². The monoisotopic (exact) mass is 283 g/mol. The molecule has 0 heterocycles. The Hall–Kier alpha value is -2.13. The van der Waals surface area contributed by atoms with E-state index in [4.69, 9.17) is 4.74 Å². The van der Waals surface area contributed by atoms with Crippen LogP contribution in [-0.4, -0.2) is 19.1 Å². The van der Waals surface area contributed by atoms with Crippen LogP contribution in [0.5, 0.6) is 0 Å². The molecule has 0 bridgehead atoms. The molecule has 1 N–H and O–H groups in total. The summed E-state index contributed by atoms with van der Waals surface area (Å²) in [6.07, 6.45) is 0. The first-order chi connectivity index (χ1) is 10.2. The van der Waals surface area contributed by atoms with E-state index in [1.165, 1.54) is 7.11 Å². The van der Waals surface area contributed by atoms with Crippen LogP contribution in [0.4, 0.5) is 0 Å². The van der Waals surface area contributed by atoms with E-state index in [2.05, 4.69) is 5.32 Å². The van der Waals surface area contributed by atoms with Gasteiger partial charge in [0.1, 0.15) is 6.04 Å². The Kier molecular flexibility index (Phi) is 5.52. The molecule has 2 aromatic carbocycles. The Morgan fingerprint density at radius 3 is 2.19 bits per heavy atom. The highest BCUT2D eigenvalue weighted by Crippen LogP contribution is 2.20. The molecule has 0 saturated heterocycles. The van der Waals surface area contributed by atoms with Crippen LogP contribution in [0.2, 0.25) is 0 Å². The van der Waals surface area contributed by atoms with Gasteiger partial charge in [0.15, 0.2) is 0 Å². The maximum Gasteiger partial charge on any atom is 0.323 e. The predicted octanol–water partition coefficient (Wildman–Crippen LogP) is 3.12. The summed E-state index contributed by atoms with van der Waals surface area (Å²) < 4.78 is 4.94. The number of hydrogen-bond acceptors (Lipinski definition) is 3. The lowest BCUT2D eigenvalue weighted by molar-refractivity contribution is -0.143. The number of esters is 1. The van der Waals surface area contributed by atoms with Gasteiger partial charge in [-0.25, -0.2) is 0 Å². The molecule has 2 rings (SSSR count). The minimum absolute atomic E-state index is 0.0439. The molecule has 2 atom stereocenters. The Morgan fingerprint density at radius 1 is 1.05 bits per heavy atom. The number of nitrogens with one attached hydrogen (secondary N) is 1. The topological polar surface area (TPSA) is 38.3 Å². The van der Waals surface area contributed by atoms with Gasteiger partial charge in [0.05, 0.1) is 7.11 Å². The van der Waals surface area contributed by atoms with Crippen LogP contribution in [0, 0.1) is 0 Å². The molecule has 110 valence electrons. The lowest BCUT2D eigenvalue weighted by Crippen LogP contribution is -2.41. The van der Waals surface area contributed by atoms with Crippen molar-refractivity contribution in [3.05, 3.63) is 71.8 Å². The van der Waals surface area contributed by atoms with Gasteiger partial charge in [-0.2, -0.15) is 0 Å². The zero-order chi connectivity index (χ0) is 15.1. The standard InChI is InChI=1S/C18H21NO2/c1-14(16-11-7-4-8-12-16)17(18(20)21-2)19-13-15-9-5-3-6-10-15/h3-12,14,17,19H,13H2,1-2H3. The molecule has 0 aromatic heterocycles. The van der Waals surface area contributed by atoms with E-state index in [-0.39, 0.29) is 17.9 Å². The molecule has 0 aliphatic heterocycles. The van der Waals surface area contributed by atoms with Gasteiger partial charge >= 0.3 is 5.97 Å². The SMILES string of the molecule is COC(=O)C(NCc1ccccc1)C(C)c1ccccc1. The zero-order valence-corrected chi connectivity index (χ0v) is 12.5. The Morgan fingerprint density at radius 2 is 1.62 bits per heavy atom. The quantitative estimate of drug-likeness (QED) is 0.828. The van der Waals surface area contributed by atoms with E-state index in [0.717, 1.165) is 11.1 Å². The maximum absolute atomic E-state index is 12.1. The molecule has 3 nitrogen and oxygen atoms in total. The number of ether oxygens (including phenoxy) is 1. The van der Waals surface area contributed by atoms with Crippen LogP contribution in [0.25, 0.3) is 0 Å². The number of hydrogen-bond donors (Lipinski definition) is 1. The van der Waals surface area contributed by atoms with E-state index in [0.29, 0.717) is 6.54 Å². The molecular weight excluding hydrogens is 262 g/mol. The fraction of sp³-hybridized carbons (Fsp3) is 0.278. The summed E-state index contributed by atoms with van der Waals surface area (Å²) in [6.45, 7) is 2.67. The van der Waals surface area contributed by atoms with Crippen LogP contribution < -0.4 is 5.32 Å². The van der Waals surface area contributed by atoms with Crippen molar-refractivity contribution in [2.75, 3.05) is 7.11 Å². The average molecular weight is 283 g/mol. The van der Waals surface area contributed by atoms with Crippen molar-refractivity contribution in [3.63, 3.8) is 0 Å². The highest BCUT2D eigenvalue weighted by molar-refractivity contribution is 5.77. The van der Waals surface area contributed by atoms with Crippen molar-refractivity contribution in [1.82, 2.24) is 5.32 Å². The molecule has 0 saturated carbocycles. The summed E-state index contributed by atoms with van der Waals surface area (Å²) in [5.41, 5.74) is 2.26. The molecule has 21 heavy (non-hydrogen) atoms. The van der Waals surface area contributed by atoms with Gasteiger partial charge in [-0.15, -0.1) is 0 Å². The van der Waals surface area contributed by atoms with Crippen LogP contribution in [0.3, 0.4) is 0 Å². The maximum atomic E-state index is 12.1. The third kappa shape index (κ3) is 4.17. The number of carbonyl (C=O) groups is 1. The van der Waals surface area contributed by atoms with Crippen molar-refractivity contribution < 1.29 is 9.53 Å². The summed E-state index contributed by atoms with van der Waals surface area (Å²) >= 11 is 0. The Balaban J connectivity index is 2.09. The normalized spacial score (nSPS) is 13.4. The van der Waals surface area contributed by atoms with Crippen molar-refractivity contribution in [3.8, 4) is 0 Å². The van der Waals surface area contributed by atoms with Crippen LogP contribution in [0.15, 0.2) is 60.7 Å². The van der Waals surface area contributed by atoms with Crippen LogP contribution in [-0.2, 0) is 16.1 Å². The van der Waals surface area contributed by atoms with Crippen LogP contribution in [0.1, 0.15) is 24.0 Å². The lowest BCUT2D eigenvalue weighted by atomic mass is 9.93. The number of benzene rings is 2. The molecule has 3 heteroatoms.